The minimum Gasteiger partial charge on any atom is -0.379 e. The van der Waals surface area contributed by atoms with Crippen LogP contribution < -0.4 is 10.6 Å². The molecule has 18 heteroatoms. The van der Waals surface area contributed by atoms with Gasteiger partial charge in [0.05, 0.1) is 83.1 Å². The fourth-order valence-corrected chi connectivity index (χ4v) is 11.0. The van der Waals surface area contributed by atoms with Gasteiger partial charge in [-0.05, 0) is 66.7 Å². The highest BCUT2D eigenvalue weighted by atomic mass is 31.1. The second-order valence-corrected chi connectivity index (χ2v) is 20.0. The number of likely N-dealkylation sites (tertiary alicyclic amines) is 2. The van der Waals surface area contributed by atoms with E-state index in [1.54, 1.807) is 28.7 Å². The average molecular weight is 946 g/mol. The van der Waals surface area contributed by atoms with E-state index in [1.165, 1.54) is 21.3 Å². The largest absolute Gasteiger partial charge is 0.533 e. The van der Waals surface area contributed by atoms with E-state index in [0.29, 0.717) is 58.6 Å². The first-order valence-electron chi connectivity index (χ1n) is 23.8. The summed E-state index contributed by atoms with van der Waals surface area (Å²) in [4.78, 5) is 79.5. The molecule has 0 spiro atoms. The standard InChI is InChI=1S/C48H77N6O11P/c1-11-32(4)43(52(7)48(59)42(31(2)3)51-47(58)44-35-19-20-36(29-35)54(44)40(55)21-24-64-26-27-65-25-22-49-6)38(61-8)30-41(56)53-23-15-18-37(53)45(62-9)33(5)46(57)50-39(66(60)63-10)28-34-16-13-12-14-17-34/h12-14,16-17,31-33,35-39,42-45H,6,11,15,18-30H2,1-5,7-10H3,(H-,50,51,57,58)/p+1. The first-order valence-corrected chi connectivity index (χ1v) is 25.0. The van der Waals surface area contributed by atoms with E-state index >= 15 is 0 Å². The molecule has 2 heterocycles. The van der Waals surface area contributed by atoms with Crippen molar-refractivity contribution in [3.05, 3.63) is 35.9 Å². The molecule has 1 aliphatic carbocycles. The molecular weight excluding hydrogens is 868 g/mol. The number of benzene rings is 1. The fraction of sp³-hybridized carbons (Fsp3) is 0.750. The van der Waals surface area contributed by atoms with Gasteiger partial charge in [0.25, 0.3) is 5.78 Å². The maximum absolute atomic E-state index is 14.6. The first kappa shape index (κ1) is 54.7. The Morgan fingerprint density at radius 1 is 0.924 bits per heavy atom. The molecule has 66 heavy (non-hydrogen) atoms. The molecule has 2 saturated heterocycles. The Morgan fingerprint density at radius 3 is 2.24 bits per heavy atom. The second-order valence-electron chi connectivity index (χ2n) is 18.4. The Balaban J connectivity index is 1.43. The number of fused-ring (bicyclic) bond motifs is 2. The Kier molecular flexibility index (Phi) is 22.6. The molecule has 3 fully saturated rings. The zero-order chi connectivity index (χ0) is 48.5. The summed E-state index contributed by atoms with van der Waals surface area (Å²) < 4.78 is 41.2. The summed E-state index contributed by atoms with van der Waals surface area (Å²) in [6, 6.07) is 6.89. The number of hydrogen-bond donors (Lipinski definition) is 2. The van der Waals surface area contributed by atoms with Crippen molar-refractivity contribution in [3.8, 4) is 0 Å². The van der Waals surface area contributed by atoms with E-state index in [0.717, 1.165) is 24.8 Å². The summed E-state index contributed by atoms with van der Waals surface area (Å²) in [6.07, 6.45) is 3.48. The lowest BCUT2D eigenvalue weighted by molar-refractivity contribution is -0.149. The molecule has 2 N–H and O–H groups in total. The van der Waals surface area contributed by atoms with E-state index < -0.39 is 56.1 Å². The third kappa shape index (κ3) is 14.3. The first-order chi connectivity index (χ1) is 31.6. The molecule has 17 nitrogen and oxygen atoms in total. The van der Waals surface area contributed by atoms with Gasteiger partial charge in [0.1, 0.15) is 12.1 Å². The third-order valence-electron chi connectivity index (χ3n) is 13.9. The molecule has 0 radical (unpaired) electrons. The van der Waals surface area contributed by atoms with Gasteiger partial charge < -0.3 is 44.3 Å². The van der Waals surface area contributed by atoms with Gasteiger partial charge in [-0.1, -0.05) is 71.4 Å². The Hall–Kier alpha value is -3.86. The van der Waals surface area contributed by atoms with Gasteiger partial charge >= 0.3 is 8.03 Å². The fourth-order valence-electron chi connectivity index (χ4n) is 10.1. The minimum atomic E-state index is -2.21. The molecule has 1 aromatic rings. The number of rotatable bonds is 29. The van der Waals surface area contributed by atoms with Gasteiger partial charge in [0.15, 0.2) is 0 Å². The smallest absolute Gasteiger partial charge is 0.379 e. The molecule has 4 rings (SSSR count). The van der Waals surface area contributed by atoms with Crippen molar-refractivity contribution in [1.82, 2.24) is 25.3 Å². The predicted octanol–water partition coefficient (Wildman–Crippen LogP) is 4.62. The van der Waals surface area contributed by atoms with E-state index in [1.807, 2.05) is 58.0 Å². The van der Waals surface area contributed by atoms with Crippen molar-refractivity contribution in [2.75, 3.05) is 67.9 Å². The summed E-state index contributed by atoms with van der Waals surface area (Å²) in [7, 11) is 3.91. The maximum Gasteiger partial charge on any atom is 0.533 e. The normalized spacial score (nSPS) is 22.5. The van der Waals surface area contributed by atoms with Crippen molar-refractivity contribution in [2.45, 2.75) is 141 Å². The van der Waals surface area contributed by atoms with Gasteiger partial charge in [0.2, 0.25) is 29.5 Å². The minimum absolute atomic E-state index is 0.00630. The van der Waals surface area contributed by atoms with Crippen LogP contribution in [0, 0.1) is 23.7 Å². The molecule has 3 aliphatic rings. The maximum atomic E-state index is 14.6. The summed E-state index contributed by atoms with van der Waals surface area (Å²) in [5.74, 6) is -3.18. The number of likely N-dealkylation sites (N-methyl/N-ethyl adjacent to an activating group) is 1. The molecular formula is C48H78N6O11P+. The monoisotopic (exact) mass is 946 g/mol. The van der Waals surface area contributed by atoms with Crippen molar-refractivity contribution in [1.29, 1.82) is 0 Å². The van der Waals surface area contributed by atoms with Crippen molar-refractivity contribution >= 4 is 44.3 Å². The number of carbonyl (C=O) groups excluding carboxylic acids is 5. The van der Waals surface area contributed by atoms with Crippen molar-refractivity contribution < 1.29 is 52.0 Å². The molecule has 370 valence electrons. The van der Waals surface area contributed by atoms with Crippen LogP contribution in [-0.2, 0) is 58.4 Å². The summed E-state index contributed by atoms with van der Waals surface area (Å²) in [5, 5.41) is 6.00. The highest BCUT2D eigenvalue weighted by molar-refractivity contribution is 7.40. The highest BCUT2D eigenvalue weighted by Gasteiger charge is 2.52. The number of nitrogens with zero attached hydrogens (tertiary/aromatic N) is 4. The van der Waals surface area contributed by atoms with Crippen LogP contribution in [0.5, 0.6) is 0 Å². The van der Waals surface area contributed by atoms with Crippen LogP contribution in [0.15, 0.2) is 35.3 Å². The third-order valence-corrected chi connectivity index (χ3v) is 15.1. The molecule has 12 unspecified atom stereocenters. The number of ether oxygens (including phenoxy) is 4. The number of aliphatic imine (C=N–C) groups is 1. The van der Waals surface area contributed by atoms with E-state index in [9.17, 15) is 28.5 Å². The lowest BCUT2D eigenvalue weighted by atomic mass is 9.89. The quantitative estimate of drug-likeness (QED) is 0.0647. The van der Waals surface area contributed by atoms with Crippen molar-refractivity contribution in [2.24, 2.45) is 28.7 Å². The Bertz CT molecular complexity index is 1760. The molecule has 2 bridgehead atoms. The topological polar surface area (TPSA) is 195 Å². The van der Waals surface area contributed by atoms with Gasteiger partial charge in [-0.3, -0.25) is 29.0 Å². The second kappa shape index (κ2) is 27.2. The van der Waals surface area contributed by atoms with Crippen LogP contribution >= 0.6 is 8.03 Å². The zero-order valence-electron chi connectivity index (χ0n) is 40.9. The molecule has 1 aromatic carbocycles. The SMILES string of the molecule is C=NCCOCCOCCC(=O)N1C2CCC(C2)C1C(=O)NC(C(=O)N(C)C(C(C)CC)C(CC(=O)N1CCCC1C(OC)C(C)C(=O)NC(Cc1ccccc1)[P+](=O)OC)OC)C(C)C. The average Bonchev–Trinajstić information content (AvgIpc) is 4.09. The number of carbonyl (C=O) groups is 5. The lowest BCUT2D eigenvalue weighted by Crippen LogP contribution is -2.60. The lowest BCUT2D eigenvalue weighted by Gasteiger charge is -2.41. The molecule has 12 atom stereocenters. The van der Waals surface area contributed by atoms with E-state index in [2.05, 4.69) is 22.3 Å². The number of piperidine rings is 1. The predicted molar refractivity (Wildman–Crippen MR) is 252 cm³/mol. The molecule has 1 saturated carbocycles. The number of amides is 5. The van der Waals surface area contributed by atoms with Gasteiger partial charge in [-0.25, -0.2) is 0 Å². The molecule has 2 aliphatic heterocycles. The number of hydrogen-bond acceptors (Lipinski definition) is 12. The van der Waals surface area contributed by atoms with E-state index in [4.69, 9.17) is 23.5 Å². The highest BCUT2D eigenvalue weighted by Crippen LogP contribution is 2.43. The number of methoxy groups -OCH3 is 2. The van der Waals surface area contributed by atoms with Crippen LogP contribution in [-0.4, -0.2) is 167 Å². The van der Waals surface area contributed by atoms with Crippen LogP contribution in [0.1, 0.15) is 91.5 Å². The van der Waals surface area contributed by atoms with Crippen LogP contribution in [0.4, 0.5) is 0 Å². The van der Waals surface area contributed by atoms with E-state index in [-0.39, 0.29) is 72.8 Å². The molecule has 0 aromatic heterocycles. The summed E-state index contributed by atoms with van der Waals surface area (Å²) in [5.41, 5.74) is 0.900. The number of nitrogens with one attached hydrogen (secondary N) is 2. The zero-order valence-corrected chi connectivity index (χ0v) is 41.7. The summed E-state index contributed by atoms with van der Waals surface area (Å²) in [6.45, 7) is 15.3. The Labute approximate surface area is 393 Å². The van der Waals surface area contributed by atoms with Crippen LogP contribution in [0.3, 0.4) is 0 Å². The Morgan fingerprint density at radius 2 is 1.62 bits per heavy atom. The molecule has 5 amide bonds. The summed E-state index contributed by atoms with van der Waals surface area (Å²) >= 11 is 0. The van der Waals surface area contributed by atoms with Gasteiger partial charge in [-0.2, -0.15) is 0 Å². The van der Waals surface area contributed by atoms with Gasteiger partial charge in [0, 0.05) is 40.3 Å². The van der Waals surface area contributed by atoms with Crippen molar-refractivity contribution in [3.63, 3.8) is 0 Å². The van der Waals surface area contributed by atoms with Crippen LogP contribution in [0.2, 0.25) is 0 Å². The van der Waals surface area contributed by atoms with Crippen LogP contribution in [0.25, 0.3) is 0 Å². The van der Waals surface area contributed by atoms with Gasteiger partial charge in [-0.15, -0.1) is 4.52 Å².